The van der Waals surface area contributed by atoms with Crippen molar-refractivity contribution in [2.24, 2.45) is 0 Å². The van der Waals surface area contributed by atoms with Crippen molar-refractivity contribution in [3.8, 4) is 0 Å². The molecule has 2 aliphatic rings. The summed E-state index contributed by atoms with van der Waals surface area (Å²) in [7, 11) is 0. The first kappa shape index (κ1) is 17.9. The molecule has 0 atom stereocenters. The SMILES string of the molecule is O=C(NCC1(O)CCCCCC1)c1cccc(CN2CCCC2=O)c1. The van der Waals surface area contributed by atoms with E-state index in [-0.39, 0.29) is 11.8 Å². The molecule has 5 heteroatoms. The Bertz CT molecular complexity index is 621. The fourth-order valence-corrected chi connectivity index (χ4v) is 3.81. The van der Waals surface area contributed by atoms with E-state index in [0.29, 0.717) is 25.1 Å². The van der Waals surface area contributed by atoms with Crippen molar-refractivity contribution in [3.05, 3.63) is 35.4 Å². The number of carbonyl (C=O) groups excluding carboxylic acids is 2. The van der Waals surface area contributed by atoms with E-state index in [1.165, 1.54) is 0 Å². The molecule has 1 aromatic rings. The Balaban J connectivity index is 1.58. The smallest absolute Gasteiger partial charge is 0.251 e. The molecular weight excluding hydrogens is 316 g/mol. The van der Waals surface area contributed by atoms with E-state index in [2.05, 4.69) is 5.32 Å². The number of aliphatic hydroxyl groups is 1. The van der Waals surface area contributed by atoms with Gasteiger partial charge in [-0.15, -0.1) is 0 Å². The monoisotopic (exact) mass is 344 g/mol. The Hall–Kier alpha value is -1.88. The first-order valence-electron chi connectivity index (χ1n) is 9.43. The largest absolute Gasteiger partial charge is 0.388 e. The van der Waals surface area contributed by atoms with Gasteiger partial charge in [-0.05, 0) is 37.0 Å². The number of amides is 2. The summed E-state index contributed by atoms with van der Waals surface area (Å²) in [5.74, 6) is 0.0257. The van der Waals surface area contributed by atoms with Crippen molar-refractivity contribution in [2.75, 3.05) is 13.1 Å². The lowest BCUT2D eigenvalue weighted by atomic mass is 9.94. The number of likely N-dealkylation sites (tertiary alicyclic amines) is 1. The maximum Gasteiger partial charge on any atom is 0.251 e. The summed E-state index contributed by atoms with van der Waals surface area (Å²) >= 11 is 0. The normalized spacial score (nSPS) is 20.4. The molecule has 136 valence electrons. The summed E-state index contributed by atoms with van der Waals surface area (Å²) in [4.78, 5) is 26.1. The molecule has 1 saturated carbocycles. The number of nitrogens with zero attached hydrogens (tertiary/aromatic N) is 1. The first-order chi connectivity index (χ1) is 12.1. The molecule has 1 aromatic carbocycles. The molecule has 0 unspecified atom stereocenters. The predicted octanol–water partition coefficient (Wildman–Crippen LogP) is 2.62. The van der Waals surface area contributed by atoms with Gasteiger partial charge in [0.25, 0.3) is 5.91 Å². The highest BCUT2D eigenvalue weighted by Crippen LogP contribution is 2.26. The van der Waals surface area contributed by atoms with E-state index >= 15 is 0 Å². The number of carbonyl (C=O) groups is 2. The van der Waals surface area contributed by atoms with Gasteiger partial charge >= 0.3 is 0 Å². The Morgan fingerprint density at radius 3 is 2.60 bits per heavy atom. The molecule has 2 amide bonds. The maximum atomic E-state index is 12.5. The Morgan fingerprint density at radius 1 is 1.16 bits per heavy atom. The summed E-state index contributed by atoms with van der Waals surface area (Å²) in [6.07, 6.45) is 7.41. The molecule has 1 aliphatic carbocycles. The highest BCUT2D eigenvalue weighted by Gasteiger charge is 2.28. The Labute approximate surface area is 149 Å². The van der Waals surface area contributed by atoms with Crippen LogP contribution in [0.3, 0.4) is 0 Å². The van der Waals surface area contributed by atoms with E-state index in [4.69, 9.17) is 0 Å². The second kappa shape index (κ2) is 8.00. The molecule has 3 rings (SSSR count). The standard InChI is InChI=1S/C20H28N2O3/c23-18-9-6-12-22(18)14-16-7-5-8-17(13-16)19(24)21-15-20(25)10-3-1-2-4-11-20/h5,7-8,13,25H,1-4,6,9-12,14-15H2,(H,21,24). The maximum absolute atomic E-state index is 12.5. The molecule has 1 aliphatic heterocycles. The number of hydrogen-bond donors (Lipinski definition) is 2. The van der Waals surface area contributed by atoms with Crippen molar-refractivity contribution in [2.45, 2.75) is 63.5 Å². The molecule has 0 spiro atoms. The van der Waals surface area contributed by atoms with Crippen LogP contribution >= 0.6 is 0 Å². The summed E-state index contributed by atoms with van der Waals surface area (Å²) < 4.78 is 0. The number of rotatable bonds is 5. The average molecular weight is 344 g/mol. The molecule has 2 N–H and O–H groups in total. The van der Waals surface area contributed by atoms with E-state index in [1.807, 2.05) is 23.1 Å². The van der Waals surface area contributed by atoms with Crippen LogP contribution in [0.4, 0.5) is 0 Å². The van der Waals surface area contributed by atoms with Gasteiger partial charge in [0.05, 0.1) is 5.60 Å². The summed E-state index contributed by atoms with van der Waals surface area (Å²) in [5, 5.41) is 13.6. The van der Waals surface area contributed by atoms with Crippen LogP contribution in [0.2, 0.25) is 0 Å². The van der Waals surface area contributed by atoms with Gasteiger partial charge in [-0.1, -0.05) is 37.8 Å². The van der Waals surface area contributed by atoms with Crippen molar-refractivity contribution >= 4 is 11.8 Å². The minimum atomic E-state index is -0.772. The zero-order valence-corrected chi connectivity index (χ0v) is 14.8. The summed E-state index contributed by atoms with van der Waals surface area (Å²) in [5.41, 5.74) is 0.781. The van der Waals surface area contributed by atoms with E-state index < -0.39 is 5.60 Å². The molecule has 0 bridgehead atoms. The number of benzene rings is 1. The second-order valence-electron chi connectivity index (χ2n) is 7.44. The number of hydrogen-bond acceptors (Lipinski definition) is 3. The molecule has 5 nitrogen and oxygen atoms in total. The zero-order chi connectivity index (χ0) is 17.7. The highest BCUT2D eigenvalue weighted by atomic mass is 16.3. The molecule has 2 fully saturated rings. The minimum absolute atomic E-state index is 0.160. The van der Waals surface area contributed by atoms with Crippen molar-refractivity contribution in [3.63, 3.8) is 0 Å². The van der Waals surface area contributed by atoms with Gasteiger partial charge in [-0.3, -0.25) is 9.59 Å². The molecular formula is C20H28N2O3. The third-order valence-electron chi connectivity index (χ3n) is 5.35. The summed E-state index contributed by atoms with van der Waals surface area (Å²) in [6, 6.07) is 7.42. The van der Waals surface area contributed by atoms with Crippen LogP contribution in [0.1, 0.15) is 67.3 Å². The lowest BCUT2D eigenvalue weighted by molar-refractivity contribution is -0.128. The van der Waals surface area contributed by atoms with Crippen molar-refractivity contribution < 1.29 is 14.7 Å². The van der Waals surface area contributed by atoms with Crippen LogP contribution in [-0.4, -0.2) is 40.5 Å². The van der Waals surface area contributed by atoms with Gasteiger partial charge in [0.2, 0.25) is 5.91 Å². The molecule has 1 saturated heterocycles. The van der Waals surface area contributed by atoms with Crippen LogP contribution in [0.25, 0.3) is 0 Å². The molecule has 0 aromatic heterocycles. The fraction of sp³-hybridized carbons (Fsp3) is 0.600. The first-order valence-corrected chi connectivity index (χ1v) is 9.43. The van der Waals surface area contributed by atoms with Gasteiger partial charge in [0.15, 0.2) is 0 Å². The predicted molar refractivity (Wildman–Crippen MR) is 96.1 cm³/mol. The Morgan fingerprint density at radius 2 is 1.92 bits per heavy atom. The minimum Gasteiger partial charge on any atom is -0.388 e. The van der Waals surface area contributed by atoms with E-state index in [9.17, 15) is 14.7 Å². The second-order valence-corrected chi connectivity index (χ2v) is 7.44. The molecule has 0 radical (unpaired) electrons. The Kier molecular flexibility index (Phi) is 5.74. The van der Waals surface area contributed by atoms with Crippen molar-refractivity contribution in [1.29, 1.82) is 0 Å². The molecule has 1 heterocycles. The summed E-state index contributed by atoms with van der Waals surface area (Å²) in [6.45, 7) is 1.66. The van der Waals surface area contributed by atoms with Gasteiger partial charge in [0, 0.05) is 31.6 Å². The fourth-order valence-electron chi connectivity index (χ4n) is 3.81. The van der Waals surface area contributed by atoms with Crippen LogP contribution < -0.4 is 5.32 Å². The molecule has 25 heavy (non-hydrogen) atoms. The lowest BCUT2D eigenvalue weighted by Crippen LogP contribution is -2.42. The number of nitrogens with one attached hydrogen (secondary N) is 1. The van der Waals surface area contributed by atoms with Crippen molar-refractivity contribution in [1.82, 2.24) is 10.2 Å². The van der Waals surface area contributed by atoms with E-state index in [1.54, 1.807) is 6.07 Å². The van der Waals surface area contributed by atoms with Crippen LogP contribution in [0, 0.1) is 0 Å². The highest BCUT2D eigenvalue weighted by molar-refractivity contribution is 5.94. The third-order valence-corrected chi connectivity index (χ3v) is 5.35. The van der Waals surface area contributed by atoms with Gasteiger partial charge in [-0.25, -0.2) is 0 Å². The third kappa shape index (κ3) is 4.82. The average Bonchev–Trinajstić information content (AvgIpc) is 2.88. The van der Waals surface area contributed by atoms with E-state index in [0.717, 1.165) is 57.1 Å². The van der Waals surface area contributed by atoms with Crippen LogP contribution in [0.15, 0.2) is 24.3 Å². The van der Waals surface area contributed by atoms with Gasteiger partial charge in [0.1, 0.15) is 0 Å². The topological polar surface area (TPSA) is 69.6 Å². The van der Waals surface area contributed by atoms with Gasteiger partial charge in [-0.2, -0.15) is 0 Å². The zero-order valence-electron chi connectivity index (χ0n) is 14.8. The lowest BCUT2D eigenvalue weighted by Gasteiger charge is -2.26. The van der Waals surface area contributed by atoms with Crippen LogP contribution in [0.5, 0.6) is 0 Å². The van der Waals surface area contributed by atoms with Crippen LogP contribution in [-0.2, 0) is 11.3 Å². The quantitative estimate of drug-likeness (QED) is 0.807. The van der Waals surface area contributed by atoms with Gasteiger partial charge < -0.3 is 15.3 Å².